The number of aryl methyl sites for hydroxylation is 3. The number of rotatable bonds is 7. The van der Waals surface area contributed by atoms with Crippen molar-refractivity contribution in [2.75, 3.05) is 29.6 Å². The number of carbonyl (C=O) groups excluding carboxylic acids is 4. The van der Waals surface area contributed by atoms with Gasteiger partial charge >= 0.3 is 5.97 Å². The molecule has 1 heterocycles. The summed E-state index contributed by atoms with van der Waals surface area (Å²) in [6.45, 7) is 5.84. The Morgan fingerprint density at radius 3 is 1.59 bits per heavy atom. The smallest absolute Gasteiger partial charge is 0.344 e. The summed E-state index contributed by atoms with van der Waals surface area (Å²) in [4.78, 5) is 66.2. The summed E-state index contributed by atoms with van der Waals surface area (Å²) in [5.74, 6) is -1.12. The van der Waals surface area contributed by atoms with E-state index in [2.05, 4.69) is 16.0 Å². The SMILES string of the molecule is CCOC(=O)c1c2c3c(c(Nc4cccc(C)c4)ccc3n(C)c1=O)C(=O)c1ccccc1-2.CNc1ccc(Nc2cccc(C)c2)c2c1C(=O)c1ccccc1C2=O. The lowest BCUT2D eigenvalue weighted by Gasteiger charge is -2.25. The Morgan fingerprint density at radius 2 is 1.05 bits per heavy atom. The molecule has 0 saturated heterocycles. The first-order valence-electron chi connectivity index (χ1n) is 19.2. The molecule has 10 heteroatoms. The van der Waals surface area contributed by atoms with Crippen molar-refractivity contribution in [3.8, 4) is 11.1 Å². The average molecular weight is 781 g/mol. The maximum Gasteiger partial charge on any atom is 0.344 e. The van der Waals surface area contributed by atoms with E-state index in [9.17, 15) is 24.0 Å². The van der Waals surface area contributed by atoms with Crippen molar-refractivity contribution in [2.45, 2.75) is 20.8 Å². The fraction of sp³-hybridized carbons (Fsp3) is 0.122. The van der Waals surface area contributed by atoms with Gasteiger partial charge in [0.15, 0.2) is 17.3 Å². The molecule has 0 aliphatic heterocycles. The molecule has 6 aromatic carbocycles. The number of aromatic nitrogens is 1. The maximum absolute atomic E-state index is 13.7. The van der Waals surface area contributed by atoms with Crippen LogP contribution in [0.3, 0.4) is 0 Å². The molecule has 2 aliphatic rings. The standard InChI is InChI=1S/C27H22N2O4.C22H18N2O2/c1-4-33-27(32)24-21-17-10-5-6-11-18(17)25(30)22-19(28-16-9-7-8-15(2)14-16)12-13-20(23(21)22)29(3)26(24)31;1-13-6-5-7-14(12-13)24-18-11-10-17(23-2)19-20(18)22(26)16-9-4-3-8-15(16)21(19)25/h5-14,28H,4H2,1-3H3;3-12,23-24H,1-2H3. The van der Waals surface area contributed by atoms with Gasteiger partial charge in [-0.05, 0) is 86.0 Å². The van der Waals surface area contributed by atoms with Crippen LogP contribution in [0.4, 0.5) is 28.4 Å². The van der Waals surface area contributed by atoms with Gasteiger partial charge in [0.2, 0.25) is 0 Å². The first-order chi connectivity index (χ1) is 28.5. The lowest BCUT2D eigenvalue weighted by Crippen LogP contribution is -2.29. The summed E-state index contributed by atoms with van der Waals surface area (Å²) in [6.07, 6.45) is 0. The number of nitrogens with one attached hydrogen (secondary N) is 3. The number of carbonyl (C=O) groups is 4. The van der Waals surface area contributed by atoms with Crippen molar-refractivity contribution in [2.24, 2.45) is 7.05 Å². The molecule has 3 N–H and O–H groups in total. The molecule has 0 fully saturated rings. The number of fused-ring (bicyclic) bond motifs is 4. The second-order valence-corrected chi connectivity index (χ2v) is 14.4. The molecule has 59 heavy (non-hydrogen) atoms. The minimum absolute atomic E-state index is 0.0549. The predicted octanol–water partition coefficient (Wildman–Crippen LogP) is 9.53. The number of pyridine rings is 1. The maximum atomic E-state index is 13.7. The Morgan fingerprint density at radius 1 is 0.576 bits per heavy atom. The zero-order valence-corrected chi connectivity index (χ0v) is 33.2. The number of hydrogen-bond donors (Lipinski definition) is 3. The summed E-state index contributed by atoms with van der Waals surface area (Å²) >= 11 is 0. The number of ketones is 3. The first-order valence-corrected chi connectivity index (χ1v) is 19.2. The van der Waals surface area contributed by atoms with Crippen LogP contribution in [0.25, 0.3) is 22.0 Å². The number of benzene rings is 6. The number of ether oxygens (including phenoxy) is 1. The van der Waals surface area contributed by atoms with Gasteiger partial charge in [-0.3, -0.25) is 19.2 Å². The van der Waals surface area contributed by atoms with E-state index in [-0.39, 0.29) is 29.5 Å². The van der Waals surface area contributed by atoms with E-state index in [0.717, 1.165) is 22.5 Å². The van der Waals surface area contributed by atoms with E-state index in [1.54, 1.807) is 81.7 Å². The van der Waals surface area contributed by atoms with E-state index < -0.39 is 11.5 Å². The van der Waals surface area contributed by atoms with Crippen LogP contribution in [0.1, 0.15) is 76.2 Å². The van der Waals surface area contributed by atoms with Crippen LogP contribution in [0.2, 0.25) is 0 Å². The Bertz CT molecular complexity index is 2980. The molecular weight excluding hydrogens is 741 g/mol. The minimum atomic E-state index is -0.692. The molecule has 2 aliphatic carbocycles. The molecule has 0 unspecified atom stereocenters. The summed E-state index contributed by atoms with van der Waals surface area (Å²) in [5.41, 5.74) is 9.53. The van der Waals surface area contributed by atoms with Gasteiger partial charge in [0.05, 0.1) is 40.2 Å². The van der Waals surface area contributed by atoms with Crippen molar-refractivity contribution in [3.63, 3.8) is 0 Å². The summed E-state index contributed by atoms with van der Waals surface area (Å²) in [7, 11) is 3.36. The largest absolute Gasteiger partial charge is 0.462 e. The molecule has 0 spiro atoms. The molecule has 0 radical (unpaired) electrons. The molecule has 0 amide bonds. The number of nitrogens with zero attached hydrogens (tertiary/aromatic N) is 1. The second-order valence-electron chi connectivity index (χ2n) is 14.4. The van der Waals surface area contributed by atoms with E-state index in [1.807, 2.05) is 74.5 Å². The monoisotopic (exact) mass is 780 g/mol. The third-order valence-corrected chi connectivity index (χ3v) is 10.7. The lowest BCUT2D eigenvalue weighted by molar-refractivity contribution is 0.0524. The van der Waals surface area contributed by atoms with Gasteiger partial charge in [-0.25, -0.2) is 4.79 Å². The molecular formula is C49H40N4O6. The van der Waals surface area contributed by atoms with Gasteiger partial charge < -0.3 is 25.3 Å². The summed E-state index contributed by atoms with van der Waals surface area (Å²) < 4.78 is 6.66. The van der Waals surface area contributed by atoms with Crippen LogP contribution >= 0.6 is 0 Å². The van der Waals surface area contributed by atoms with Crippen LogP contribution in [-0.2, 0) is 11.8 Å². The molecule has 1 aromatic heterocycles. The number of anilines is 5. The van der Waals surface area contributed by atoms with Gasteiger partial charge in [0.25, 0.3) is 5.56 Å². The number of hydrogen-bond acceptors (Lipinski definition) is 9. The molecule has 292 valence electrons. The predicted molar refractivity (Wildman–Crippen MR) is 232 cm³/mol. The number of esters is 1. The molecule has 7 aromatic rings. The van der Waals surface area contributed by atoms with Crippen LogP contribution in [0, 0.1) is 13.8 Å². The topological polar surface area (TPSA) is 136 Å². The lowest BCUT2D eigenvalue weighted by atomic mass is 9.81. The Labute approximate surface area is 340 Å². The van der Waals surface area contributed by atoms with E-state index >= 15 is 0 Å². The van der Waals surface area contributed by atoms with Crippen LogP contribution < -0.4 is 21.5 Å². The molecule has 10 nitrogen and oxygen atoms in total. The van der Waals surface area contributed by atoms with Gasteiger partial charge in [0, 0.05) is 58.8 Å². The normalized spacial score (nSPS) is 12.1. The van der Waals surface area contributed by atoms with E-state index in [1.165, 1.54) is 4.57 Å². The molecule has 9 rings (SSSR count). The zero-order valence-electron chi connectivity index (χ0n) is 33.2. The van der Waals surface area contributed by atoms with Gasteiger partial charge in [-0.1, -0.05) is 72.8 Å². The first kappa shape index (κ1) is 38.3. The summed E-state index contributed by atoms with van der Waals surface area (Å²) in [6, 6.07) is 37.1. The fourth-order valence-corrected chi connectivity index (χ4v) is 7.96. The highest BCUT2D eigenvalue weighted by Gasteiger charge is 2.35. The van der Waals surface area contributed by atoms with Crippen LogP contribution in [0.15, 0.2) is 126 Å². The highest BCUT2D eigenvalue weighted by atomic mass is 16.5. The van der Waals surface area contributed by atoms with Gasteiger partial charge in [-0.2, -0.15) is 0 Å². The fourth-order valence-electron chi connectivity index (χ4n) is 7.96. The van der Waals surface area contributed by atoms with Crippen molar-refractivity contribution < 1.29 is 23.9 Å². The van der Waals surface area contributed by atoms with Crippen LogP contribution in [-0.4, -0.2) is 41.5 Å². The average Bonchev–Trinajstić information content (AvgIpc) is 3.23. The van der Waals surface area contributed by atoms with Crippen molar-refractivity contribution in [3.05, 3.63) is 182 Å². The Hall–Kier alpha value is -7.59. The summed E-state index contributed by atoms with van der Waals surface area (Å²) in [5, 5.41) is 10.3. The highest BCUT2D eigenvalue weighted by molar-refractivity contribution is 6.32. The van der Waals surface area contributed by atoms with Crippen LogP contribution in [0.5, 0.6) is 0 Å². The minimum Gasteiger partial charge on any atom is -0.462 e. The molecule has 0 bridgehead atoms. The Balaban J connectivity index is 0.000000169. The highest BCUT2D eigenvalue weighted by Crippen LogP contribution is 2.44. The Kier molecular flexibility index (Phi) is 9.99. The van der Waals surface area contributed by atoms with Crippen molar-refractivity contribution in [1.82, 2.24) is 4.57 Å². The zero-order chi connectivity index (χ0) is 41.5. The van der Waals surface area contributed by atoms with Gasteiger partial charge in [-0.15, -0.1) is 0 Å². The quantitative estimate of drug-likeness (QED) is 0.135. The van der Waals surface area contributed by atoms with E-state index in [0.29, 0.717) is 72.5 Å². The second kappa shape index (κ2) is 15.4. The third-order valence-electron chi connectivity index (χ3n) is 10.7. The molecule has 0 saturated carbocycles. The molecule has 0 atom stereocenters. The third kappa shape index (κ3) is 6.64. The van der Waals surface area contributed by atoms with Crippen molar-refractivity contribution >= 4 is 62.7 Å². The van der Waals surface area contributed by atoms with E-state index in [4.69, 9.17) is 4.74 Å². The van der Waals surface area contributed by atoms with Gasteiger partial charge in [0.1, 0.15) is 5.56 Å². The van der Waals surface area contributed by atoms with Crippen molar-refractivity contribution in [1.29, 1.82) is 0 Å².